The molecule has 2 rings (SSSR count). The van der Waals surface area contributed by atoms with E-state index in [2.05, 4.69) is 10.6 Å². The van der Waals surface area contributed by atoms with Gasteiger partial charge in [0.1, 0.15) is 0 Å². The van der Waals surface area contributed by atoms with Crippen molar-refractivity contribution in [1.82, 2.24) is 15.5 Å². The maximum absolute atomic E-state index is 11.5. The minimum atomic E-state index is -0.0411. The van der Waals surface area contributed by atoms with Gasteiger partial charge in [-0.25, -0.2) is 0 Å². The Morgan fingerprint density at radius 1 is 1.31 bits per heavy atom. The largest absolute Gasteiger partial charge is 0.327 e. The second kappa shape index (κ2) is 3.27. The summed E-state index contributed by atoms with van der Waals surface area (Å²) in [4.78, 5) is 13.4. The average Bonchev–Trinajstić information content (AvgIpc) is 2.16. The van der Waals surface area contributed by atoms with Crippen LogP contribution >= 0.6 is 0 Å². The fourth-order valence-electron chi connectivity index (χ4n) is 2.28. The van der Waals surface area contributed by atoms with Crippen molar-refractivity contribution in [3.8, 4) is 0 Å². The molecule has 2 saturated heterocycles. The number of amides is 1. The molecule has 4 nitrogen and oxygen atoms in total. The summed E-state index contributed by atoms with van der Waals surface area (Å²) in [6.45, 7) is 2.85. The predicted molar refractivity (Wildman–Crippen MR) is 50.2 cm³/mol. The van der Waals surface area contributed by atoms with Gasteiger partial charge in [0.05, 0.1) is 5.66 Å². The Bertz CT molecular complexity index is 205. The van der Waals surface area contributed by atoms with E-state index in [1.165, 1.54) is 0 Å². The molecule has 1 amide bonds. The van der Waals surface area contributed by atoms with E-state index in [1.807, 2.05) is 11.9 Å². The van der Waals surface area contributed by atoms with Crippen LogP contribution in [0.1, 0.15) is 19.3 Å². The van der Waals surface area contributed by atoms with Crippen LogP contribution in [-0.2, 0) is 4.79 Å². The van der Waals surface area contributed by atoms with E-state index in [0.29, 0.717) is 6.42 Å². The Labute approximate surface area is 78.7 Å². The zero-order valence-corrected chi connectivity index (χ0v) is 8.10. The van der Waals surface area contributed by atoms with Crippen molar-refractivity contribution < 1.29 is 4.79 Å². The zero-order chi connectivity index (χ0) is 9.31. The monoisotopic (exact) mass is 183 g/mol. The summed E-state index contributed by atoms with van der Waals surface area (Å²) < 4.78 is 0. The molecule has 2 aliphatic rings. The first-order valence-corrected chi connectivity index (χ1v) is 4.97. The Morgan fingerprint density at radius 3 is 2.69 bits per heavy atom. The summed E-state index contributed by atoms with van der Waals surface area (Å²) >= 11 is 0. The third kappa shape index (κ3) is 1.44. The third-order valence-corrected chi connectivity index (χ3v) is 3.24. The molecule has 2 heterocycles. The van der Waals surface area contributed by atoms with E-state index in [4.69, 9.17) is 0 Å². The lowest BCUT2D eigenvalue weighted by molar-refractivity contribution is -0.142. The van der Waals surface area contributed by atoms with Crippen LogP contribution in [0.5, 0.6) is 0 Å². The average molecular weight is 183 g/mol. The highest BCUT2D eigenvalue weighted by Crippen LogP contribution is 2.25. The summed E-state index contributed by atoms with van der Waals surface area (Å²) in [5, 5.41) is 6.79. The van der Waals surface area contributed by atoms with E-state index in [0.717, 1.165) is 32.5 Å². The topological polar surface area (TPSA) is 44.4 Å². The van der Waals surface area contributed by atoms with Crippen molar-refractivity contribution in [3.05, 3.63) is 0 Å². The van der Waals surface area contributed by atoms with E-state index >= 15 is 0 Å². The van der Waals surface area contributed by atoms with Gasteiger partial charge in [-0.05, 0) is 25.9 Å². The molecule has 0 bridgehead atoms. The van der Waals surface area contributed by atoms with E-state index in [9.17, 15) is 4.79 Å². The molecule has 0 aromatic rings. The first-order chi connectivity index (χ1) is 6.25. The van der Waals surface area contributed by atoms with Gasteiger partial charge in [-0.15, -0.1) is 0 Å². The Kier molecular flexibility index (Phi) is 2.26. The molecule has 4 heteroatoms. The maximum Gasteiger partial charge on any atom is 0.225 e. The van der Waals surface area contributed by atoms with Crippen LogP contribution < -0.4 is 10.6 Å². The van der Waals surface area contributed by atoms with Crippen LogP contribution in [0, 0.1) is 0 Å². The van der Waals surface area contributed by atoms with Crippen LogP contribution in [0.4, 0.5) is 0 Å². The first-order valence-electron chi connectivity index (χ1n) is 4.97. The summed E-state index contributed by atoms with van der Waals surface area (Å²) in [5.74, 6) is 0.278. The fraction of sp³-hybridized carbons (Fsp3) is 0.889. The molecule has 1 spiro atoms. The quantitative estimate of drug-likeness (QED) is 0.533. The van der Waals surface area contributed by atoms with Crippen molar-refractivity contribution in [1.29, 1.82) is 0 Å². The molecule has 0 aliphatic carbocycles. The summed E-state index contributed by atoms with van der Waals surface area (Å²) in [6.07, 6.45) is 2.69. The minimum Gasteiger partial charge on any atom is -0.327 e. The highest BCUT2D eigenvalue weighted by molar-refractivity contribution is 5.77. The molecule has 0 unspecified atom stereocenters. The van der Waals surface area contributed by atoms with E-state index in [1.54, 1.807) is 0 Å². The molecule has 2 fully saturated rings. The molecular weight excluding hydrogens is 166 g/mol. The van der Waals surface area contributed by atoms with E-state index < -0.39 is 0 Å². The Morgan fingerprint density at radius 2 is 2.00 bits per heavy atom. The third-order valence-electron chi connectivity index (χ3n) is 3.24. The molecule has 2 aliphatic heterocycles. The highest BCUT2D eigenvalue weighted by Gasteiger charge is 2.40. The van der Waals surface area contributed by atoms with Crippen LogP contribution in [0.3, 0.4) is 0 Å². The SMILES string of the molecule is CN1C(=O)CCNC12CCNCC2. The normalized spacial score (nSPS) is 28.1. The summed E-state index contributed by atoms with van der Waals surface area (Å²) in [7, 11) is 1.92. The summed E-state index contributed by atoms with van der Waals surface area (Å²) in [5.41, 5.74) is -0.0411. The van der Waals surface area contributed by atoms with Crippen molar-refractivity contribution in [2.24, 2.45) is 0 Å². The Balaban J connectivity index is 2.13. The number of hydrogen-bond donors (Lipinski definition) is 2. The van der Waals surface area contributed by atoms with Crippen molar-refractivity contribution in [2.75, 3.05) is 26.7 Å². The lowest BCUT2D eigenvalue weighted by atomic mass is 9.94. The number of nitrogens with zero attached hydrogens (tertiary/aromatic N) is 1. The Hall–Kier alpha value is -0.610. The highest BCUT2D eigenvalue weighted by atomic mass is 16.2. The van der Waals surface area contributed by atoms with Gasteiger partial charge in [0.15, 0.2) is 0 Å². The second-order valence-electron chi connectivity index (χ2n) is 3.91. The van der Waals surface area contributed by atoms with Gasteiger partial charge in [0.2, 0.25) is 5.91 Å². The zero-order valence-electron chi connectivity index (χ0n) is 8.10. The van der Waals surface area contributed by atoms with Crippen LogP contribution in [-0.4, -0.2) is 43.2 Å². The lowest BCUT2D eigenvalue weighted by Crippen LogP contribution is -2.66. The smallest absolute Gasteiger partial charge is 0.225 e. The van der Waals surface area contributed by atoms with Crippen LogP contribution in [0.15, 0.2) is 0 Å². The van der Waals surface area contributed by atoms with Gasteiger partial charge in [0.25, 0.3) is 0 Å². The van der Waals surface area contributed by atoms with Gasteiger partial charge >= 0.3 is 0 Å². The molecular formula is C9H17N3O. The number of hydrogen-bond acceptors (Lipinski definition) is 3. The van der Waals surface area contributed by atoms with Gasteiger partial charge < -0.3 is 10.2 Å². The molecule has 0 aromatic carbocycles. The molecule has 0 aromatic heterocycles. The van der Waals surface area contributed by atoms with Gasteiger partial charge in [0, 0.05) is 20.0 Å². The molecule has 2 N–H and O–H groups in total. The van der Waals surface area contributed by atoms with Gasteiger partial charge in [-0.1, -0.05) is 0 Å². The fourth-order valence-corrected chi connectivity index (χ4v) is 2.28. The molecule has 13 heavy (non-hydrogen) atoms. The van der Waals surface area contributed by atoms with Crippen molar-refractivity contribution >= 4 is 5.91 Å². The first kappa shape index (κ1) is 8.97. The van der Waals surface area contributed by atoms with Crippen molar-refractivity contribution in [2.45, 2.75) is 24.9 Å². The number of nitrogens with one attached hydrogen (secondary N) is 2. The maximum atomic E-state index is 11.5. The van der Waals surface area contributed by atoms with Crippen LogP contribution in [0.2, 0.25) is 0 Å². The number of piperidine rings is 1. The molecule has 74 valence electrons. The van der Waals surface area contributed by atoms with Crippen molar-refractivity contribution in [3.63, 3.8) is 0 Å². The second-order valence-corrected chi connectivity index (χ2v) is 3.91. The number of carbonyl (C=O) groups is 1. The number of rotatable bonds is 0. The van der Waals surface area contributed by atoms with Gasteiger partial charge in [-0.2, -0.15) is 0 Å². The standard InChI is InChI=1S/C9H17N3O/c1-12-8(13)2-5-11-9(12)3-6-10-7-4-9/h10-11H,2-7H2,1H3. The predicted octanol–water partition coefficient (Wildman–Crippen LogP) is -0.482. The van der Waals surface area contributed by atoms with Gasteiger partial charge in [-0.3, -0.25) is 10.1 Å². The molecule has 0 radical (unpaired) electrons. The lowest BCUT2D eigenvalue weighted by Gasteiger charge is -2.48. The van der Waals surface area contributed by atoms with E-state index in [-0.39, 0.29) is 11.6 Å². The number of carbonyl (C=O) groups excluding carboxylic acids is 1. The van der Waals surface area contributed by atoms with Crippen LogP contribution in [0.25, 0.3) is 0 Å². The molecule has 0 atom stereocenters. The summed E-state index contributed by atoms with van der Waals surface area (Å²) in [6, 6.07) is 0. The molecule has 0 saturated carbocycles. The minimum absolute atomic E-state index is 0.0411.